The second kappa shape index (κ2) is 7.50. The molecule has 6 nitrogen and oxygen atoms in total. The fourth-order valence-electron chi connectivity index (χ4n) is 3.90. The molecule has 2 aromatic heterocycles. The number of carbonyl (C=O) groups is 1. The van der Waals surface area contributed by atoms with E-state index in [1.54, 1.807) is 16.0 Å². The van der Waals surface area contributed by atoms with E-state index in [4.69, 9.17) is 0 Å². The van der Waals surface area contributed by atoms with Crippen LogP contribution in [0.2, 0.25) is 0 Å². The van der Waals surface area contributed by atoms with Crippen LogP contribution in [-0.2, 0) is 17.8 Å². The number of aryl methyl sites for hydroxylation is 2. The van der Waals surface area contributed by atoms with Gasteiger partial charge in [-0.3, -0.25) is 4.79 Å². The Morgan fingerprint density at radius 2 is 1.90 bits per heavy atom. The first-order chi connectivity index (χ1) is 14.6. The number of benzene rings is 2. The SMILES string of the molecule is Cc1nc(-c2ccccc2)n(CC(=O)N2CCc3cc(-c4csc(C)n4)ccc32)n1. The number of hydrogen-bond donors (Lipinski definition) is 0. The Balaban J connectivity index is 1.40. The van der Waals surface area contributed by atoms with Gasteiger partial charge in [-0.25, -0.2) is 14.6 Å². The quantitative estimate of drug-likeness (QED) is 0.499. The van der Waals surface area contributed by atoms with Crippen LogP contribution in [-0.4, -0.2) is 32.2 Å². The molecule has 1 aliphatic heterocycles. The fraction of sp³-hybridized carbons (Fsp3) is 0.217. The lowest BCUT2D eigenvalue weighted by Crippen LogP contribution is -2.32. The first-order valence-corrected chi connectivity index (χ1v) is 10.8. The second-order valence-corrected chi connectivity index (χ2v) is 8.46. The van der Waals surface area contributed by atoms with Crippen LogP contribution in [0, 0.1) is 13.8 Å². The monoisotopic (exact) mass is 415 g/mol. The summed E-state index contributed by atoms with van der Waals surface area (Å²) in [6.07, 6.45) is 0.847. The topological polar surface area (TPSA) is 63.9 Å². The molecule has 5 rings (SSSR count). The van der Waals surface area contributed by atoms with Crippen LogP contribution in [0.25, 0.3) is 22.6 Å². The van der Waals surface area contributed by atoms with Gasteiger partial charge < -0.3 is 4.90 Å². The third-order valence-corrected chi connectivity index (χ3v) is 6.06. The normalized spacial score (nSPS) is 12.9. The van der Waals surface area contributed by atoms with Crippen molar-refractivity contribution >= 4 is 22.9 Å². The van der Waals surface area contributed by atoms with Crippen molar-refractivity contribution in [2.45, 2.75) is 26.8 Å². The van der Waals surface area contributed by atoms with Crippen molar-refractivity contribution in [2.24, 2.45) is 0 Å². The van der Waals surface area contributed by atoms with E-state index in [-0.39, 0.29) is 12.5 Å². The Morgan fingerprint density at radius 3 is 2.67 bits per heavy atom. The summed E-state index contributed by atoms with van der Waals surface area (Å²) in [5, 5.41) is 7.59. The van der Waals surface area contributed by atoms with Gasteiger partial charge in [-0.05, 0) is 38.0 Å². The van der Waals surface area contributed by atoms with E-state index in [1.807, 2.05) is 61.2 Å². The molecule has 7 heteroatoms. The van der Waals surface area contributed by atoms with Crippen LogP contribution in [0.4, 0.5) is 5.69 Å². The van der Waals surface area contributed by atoms with Crippen LogP contribution in [0.15, 0.2) is 53.9 Å². The zero-order valence-electron chi connectivity index (χ0n) is 16.9. The average Bonchev–Trinajstić information content (AvgIpc) is 3.46. The predicted octanol–water partition coefficient (Wildman–Crippen LogP) is 4.27. The first-order valence-electron chi connectivity index (χ1n) is 9.91. The second-order valence-electron chi connectivity index (χ2n) is 7.40. The number of aromatic nitrogens is 4. The van der Waals surface area contributed by atoms with Crippen LogP contribution in [0.1, 0.15) is 16.4 Å². The largest absolute Gasteiger partial charge is 0.310 e. The number of carbonyl (C=O) groups excluding carboxylic acids is 1. The molecule has 0 N–H and O–H groups in total. The summed E-state index contributed by atoms with van der Waals surface area (Å²) in [4.78, 5) is 24.1. The van der Waals surface area contributed by atoms with Crippen LogP contribution < -0.4 is 4.90 Å². The molecule has 30 heavy (non-hydrogen) atoms. The molecule has 4 aromatic rings. The lowest BCUT2D eigenvalue weighted by Gasteiger charge is -2.18. The van der Waals surface area contributed by atoms with Gasteiger partial charge in [0.15, 0.2) is 5.82 Å². The third kappa shape index (κ3) is 3.41. The number of fused-ring (bicyclic) bond motifs is 1. The Labute approximate surface area is 178 Å². The summed E-state index contributed by atoms with van der Waals surface area (Å²) in [7, 11) is 0. The lowest BCUT2D eigenvalue weighted by atomic mass is 10.1. The summed E-state index contributed by atoms with van der Waals surface area (Å²) in [6, 6.07) is 16.1. The molecule has 0 saturated heterocycles. The standard InChI is InChI=1S/C23H21N5OS/c1-15-24-23(17-6-4-3-5-7-17)28(26-15)13-22(29)27-11-10-19-12-18(8-9-21(19)27)20-14-30-16(2)25-20/h3-9,12,14H,10-11,13H2,1-2H3. The van der Waals surface area contributed by atoms with Crippen molar-refractivity contribution in [2.75, 3.05) is 11.4 Å². The maximum atomic E-state index is 13.2. The van der Waals surface area contributed by atoms with Crippen molar-refractivity contribution < 1.29 is 4.79 Å². The van der Waals surface area contributed by atoms with Gasteiger partial charge in [-0.2, -0.15) is 5.10 Å². The molecule has 2 aromatic carbocycles. The third-order valence-electron chi connectivity index (χ3n) is 5.29. The Morgan fingerprint density at radius 1 is 1.07 bits per heavy atom. The molecule has 150 valence electrons. The van der Waals surface area contributed by atoms with E-state index < -0.39 is 0 Å². The zero-order chi connectivity index (χ0) is 20.7. The van der Waals surface area contributed by atoms with E-state index in [2.05, 4.69) is 26.5 Å². The molecule has 1 amide bonds. The highest BCUT2D eigenvalue weighted by atomic mass is 32.1. The minimum atomic E-state index is 0.0214. The predicted molar refractivity (Wildman–Crippen MR) is 119 cm³/mol. The summed E-state index contributed by atoms with van der Waals surface area (Å²) in [5.74, 6) is 1.40. The molecule has 0 atom stereocenters. The molecule has 3 heterocycles. The van der Waals surface area contributed by atoms with Crippen molar-refractivity contribution in [1.29, 1.82) is 0 Å². The molecule has 0 fully saturated rings. The first kappa shape index (κ1) is 18.7. The molecule has 1 aliphatic rings. The lowest BCUT2D eigenvalue weighted by molar-refractivity contribution is -0.119. The summed E-state index contributed by atoms with van der Waals surface area (Å²) in [5.41, 5.74) is 5.22. The number of amides is 1. The van der Waals surface area contributed by atoms with Crippen molar-refractivity contribution in [1.82, 2.24) is 19.7 Å². The van der Waals surface area contributed by atoms with Gasteiger partial charge in [0.2, 0.25) is 5.91 Å². The molecular weight excluding hydrogens is 394 g/mol. The van der Waals surface area contributed by atoms with E-state index >= 15 is 0 Å². The van der Waals surface area contributed by atoms with Gasteiger partial charge in [0, 0.05) is 28.7 Å². The smallest absolute Gasteiger partial charge is 0.248 e. The average molecular weight is 416 g/mol. The maximum Gasteiger partial charge on any atom is 0.248 e. The minimum Gasteiger partial charge on any atom is -0.310 e. The highest BCUT2D eigenvalue weighted by molar-refractivity contribution is 7.09. The fourth-order valence-corrected chi connectivity index (χ4v) is 4.52. The summed E-state index contributed by atoms with van der Waals surface area (Å²) < 4.78 is 1.71. The molecule has 0 unspecified atom stereocenters. The van der Waals surface area contributed by atoms with E-state index in [9.17, 15) is 4.79 Å². The highest BCUT2D eigenvalue weighted by Crippen LogP contribution is 2.33. The number of nitrogens with zero attached hydrogens (tertiary/aromatic N) is 5. The van der Waals surface area contributed by atoms with Crippen LogP contribution in [0.5, 0.6) is 0 Å². The summed E-state index contributed by atoms with van der Waals surface area (Å²) in [6.45, 7) is 4.71. The Bertz CT molecular complexity index is 1230. The molecule has 0 saturated carbocycles. The van der Waals surface area contributed by atoms with Gasteiger partial charge in [0.25, 0.3) is 0 Å². The van der Waals surface area contributed by atoms with Gasteiger partial charge >= 0.3 is 0 Å². The minimum absolute atomic E-state index is 0.0214. The molecule has 0 radical (unpaired) electrons. The number of anilines is 1. The van der Waals surface area contributed by atoms with E-state index in [0.717, 1.165) is 39.8 Å². The maximum absolute atomic E-state index is 13.2. The Kier molecular flexibility index (Phi) is 4.67. The van der Waals surface area contributed by atoms with Crippen LogP contribution in [0.3, 0.4) is 0 Å². The molecule has 0 bridgehead atoms. The molecule has 0 aliphatic carbocycles. The summed E-state index contributed by atoms with van der Waals surface area (Å²) >= 11 is 1.65. The van der Waals surface area contributed by atoms with Crippen molar-refractivity contribution in [3.63, 3.8) is 0 Å². The zero-order valence-corrected chi connectivity index (χ0v) is 17.7. The Hall–Kier alpha value is -3.32. The number of thiazole rings is 1. The molecular formula is C23H21N5OS. The van der Waals surface area contributed by atoms with Gasteiger partial charge in [0.1, 0.15) is 12.4 Å². The number of hydrogen-bond acceptors (Lipinski definition) is 5. The van der Waals surface area contributed by atoms with Gasteiger partial charge in [-0.15, -0.1) is 11.3 Å². The van der Waals surface area contributed by atoms with Gasteiger partial charge in [-0.1, -0.05) is 36.4 Å². The van der Waals surface area contributed by atoms with Crippen LogP contribution >= 0.6 is 11.3 Å². The van der Waals surface area contributed by atoms with Crippen molar-refractivity contribution in [3.8, 4) is 22.6 Å². The number of rotatable bonds is 4. The van der Waals surface area contributed by atoms with Crippen molar-refractivity contribution in [3.05, 3.63) is 70.3 Å². The van der Waals surface area contributed by atoms with E-state index in [0.29, 0.717) is 12.4 Å². The molecule has 0 spiro atoms. The van der Waals surface area contributed by atoms with E-state index in [1.165, 1.54) is 5.56 Å². The highest BCUT2D eigenvalue weighted by Gasteiger charge is 2.26. The van der Waals surface area contributed by atoms with Gasteiger partial charge in [0.05, 0.1) is 10.7 Å².